The molecule has 5 heteroatoms. The summed E-state index contributed by atoms with van der Waals surface area (Å²) in [6.07, 6.45) is 1.16. The van der Waals surface area contributed by atoms with Crippen molar-refractivity contribution in [2.75, 3.05) is 25.5 Å². The Kier molecular flexibility index (Phi) is 6.75. The van der Waals surface area contributed by atoms with Crippen molar-refractivity contribution in [3.63, 3.8) is 0 Å². The van der Waals surface area contributed by atoms with Crippen LogP contribution in [0.1, 0.15) is 25.8 Å². The summed E-state index contributed by atoms with van der Waals surface area (Å²) in [6.45, 7) is 6.30. The Morgan fingerprint density at radius 2 is 2.21 bits per heavy atom. The fraction of sp³-hybridized carbons (Fsp3) is 0.500. The number of anilines is 1. The number of benzene rings is 1. The van der Waals surface area contributed by atoms with Gasteiger partial charge in [-0.05, 0) is 38.6 Å². The largest absolute Gasteiger partial charge is 0.389 e. The number of nitrogens with zero attached hydrogens (tertiary/aromatic N) is 1. The highest BCUT2D eigenvalue weighted by molar-refractivity contribution is 9.10. The van der Waals surface area contributed by atoms with Crippen LogP contribution in [0.2, 0.25) is 0 Å². The molecule has 1 atom stereocenters. The number of nitrogens with two attached hydrogens (primary N) is 1. The predicted molar refractivity (Wildman–Crippen MR) is 90.9 cm³/mol. The summed E-state index contributed by atoms with van der Waals surface area (Å²) in [5.41, 5.74) is 7.62. The summed E-state index contributed by atoms with van der Waals surface area (Å²) >= 11 is 8.51. The average molecular weight is 344 g/mol. The highest BCUT2D eigenvalue weighted by atomic mass is 79.9. The molecule has 0 amide bonds. The molecule has 19 heavy (non-hydrogen) atoms. The Morgan fingerprint density at radius 3 is 2.79 bits per heavy atom. The van der Waals surface area contributed by atoms with Gasteiger partial charge in [-0.3, -0.25) is 0 Å². The lowest BCUT2D eigenvalue weighted by atomic mass is 10.1. The van der Waals surface area contributed by atoms with Crippen molar-refractivity contribution < 1.29 is 0 Å². The van der Waals surface area contributed by atoms with Crippen LogP contribution in [0.25, 0.3) is 0 Å². The summed E-state index contributed by atoms with van der Waals surface area (Å²) in [5, 5.41) is 3.40. The zero-order chi connectivity index (χ0) is 14.4. The maximum absolute atomic E-state index is 5.74. The molecule has 1 aromatic rings. The average Bonchev–Trinajstić information content (AvgIpc) is 2.38. The van der Waals surface area contributed by atoms with Crippen LogP contribution in [-0.4, -0.2) is 36.1 Å². The van der Waals surface area contributed by atoms with E-state index in [0.717, 1.165) is 35.2 Å². The van der Waals surface area contributed by atoms with Gasteiger partial charge < -0.3 is 16.0 Å². The zero-order valence-corrected chi connectivity index (χ0v) is 14.1. The molecule has 0 aliphatic heterocycles. The van der Waals surface area contributed by atoms with E-state index in [1.165, 1.54) is 0 Å². The normalized spacial score (nSPS) is 12.5. The molecule has 0 aromatic heterocycles. The predicted octanol–water partition coefficient (Wildman–Crippen LogP) is 3.23. The van der Waals surface area contributed by atoms with Crippen molar-refractivity contribution >= 4 is 38.8 Å². The van der Waals surface area contributed by atoms with Gasteiger partial charge in [-0.1, -0.05) is 35.1 Å². The summed E-state index contributed by atoms with van der Waals surface area (Å²) in [5.74, 6) is 0. The van der Waals surface area contributed by atoms with Gasteiger partial charge in [0.15, 0.2) is 0 Å². The van der Waals surface area contributed by atoms with Crippen LogP contribution >= 0.6 is 28.1 Å². The first-order valence-electron chi connectivity index (χ1n) is 6.49. The number of thiocarbonyl (C=S) groups is 1. The van der Waals surface area contributed by atoms with Crippen LogP contribution in [0.15, 0.2) is 22.7 Å². The van der Waals surface area contributed by atoms with Gasteiger partial charge in [0.25, 0.3) is 0 Å². The van der Waals surface area contributed by atoms with Crippen LogP contribution in [0.3, 0.4) is 0 Å². The SMILES string of the molecule is CCC(C)N(C)CCNc1ccc(Br)cc1C(N)=S. The summed E-state index contributed by atoms with van der Waals surface area (Å²) < 4.78 is 0.984. The molecule has 1 rings (SSSR count). The highest BCUT2D eigenvalue weighted by Gasteiger charge is 2.08. The molecular weight excluding hydrogens is 322 g/mol. The molecule has 3 N–H and O–H groups in total. The molecule has 0 spiro atoms. The Balaban J connectivity index is 2.61. The van der Waals surface area contributed by atoms with E-state index in [1.54, 1.807) is 0 Å². The Labute approximate surface area is 129 Å². The fourth-order valence-electron chi connectivity index (χ4n) is 1.77. The maximum Gasteiger partial charge on any atom is 0.106 e. The van der Waals surface area contributed by atoms with E-state index in [9.17, 15) is 0 Å². The Morgan fingerprint density at radius 1 is 1.53 bits per heavy atom. The first kappa shape index (κ1) is 16.4. The number of halogens is 1. The number of hydrogen-bond donors (Lipinski definition) is 2. The lowest BCUT2D eigenvalue weighted by molar-refractivity contribution is 0.261. The summed E-state index contributed by atoms with van der Waals surface area (Å²) in [4.78, 5) is 2.76. The van der Waals surface area contributed by atoms with Crippen molar-refractivity contribution in [1.82, 2.24) is 4.90 Å². The maximum atomic E-state index is 5.74. The lowest BCUT2D eigenvalue weighted by Crippen LogP contribution is -2.32. The molecule has 0 aliphatic carbocycles. The second kappa shape index (κ2) is 7.82. The van der Waals surface area contributed by atoms with E-state index >= 15 is 0 Å². The molecule has 3 nitrogen and oxygen atoms in total. The minimum Gasteiger partial charge on any atom is -0.389 e. The molecule has 0 radical (unpaired) electrons. The molecule has 0 bridgehead atoms. The van der Waals surface area contributed by atoms with Gasteiger partial charge in [0.1, 0.15) is 4.99 Å². The van der Waals surface area contributed by atoms with E-state index < -0.39 is 0 Å². The van der Waals surface area contributed by atoms with Crippen molar-refractivity contribution in [2.45, 2.75) is 26.3 Å². The van der Waals surface area contributed by atoms with E-state index in [-0.39, 0.29) is 0 Å². The minimum atomic E-state index is 0.416. The quantitative estimate of drug-likeness (QED) is 0.746. The molecule has 0 saturated carbocycles. The van der Waals surface area contributed by atoms with Crippen LogP contribution < -0.4 is 11.1 Å². The second-order valence-electron chi connectivity index (χ2n) is 4.72. The van der Waals surface area contributed by atoms with Crippen molar-refractivity contribution in [3.05, 3.63) is 28.2 Å². The molecule has 0 saturated heterocycles. The van der Waals surface area contributed by atoms with Crippen LogP contribution in [0, 0.1) is 0 Å². The molecule has 0 fully saturated rings. The van der Waals surface area contributed by atoms with E-state index in [2.05, 4.69) is 47.0 Å². The van der Waals surface area contributed by atoms with E-state index in [1.807, 2.05) is 18.2 Å². The number of hydrogen-bond acceptors (Lipinski definition) is 3. The number of likely N-dealkylation sites (N-methyl/N-ethyl adjacent to an activating group) is 1. The van der Waals surface area contributed by atoms with Gasteiger partial charge in [0.2, 0.25) is 0 Å². The van der Waals surface area contributed by atoms with Gasteiger partial charge >= 0.3 is 0 Å². The van der Waals surface area contributed by atoms with Crippen molar-refractivity contribution in [1.29, 1.82) is 0 Å². The summed E-state index contributed by atoms with van der Waals surface area (Å²) in [6, 6.07) is 6.54. The van der Waals surface area contributed by atoms with Gasteiger partial charge in [-0.25, -0.2) is 0 Å². The monoisotopic (exact) mass is 343 g/mol. The van der Waals surface area contributed by atoms with Gasteiger partial charge in [-0.15, -0.1) is 0 Å². The lowest BCUT2D eigenvalue weighted by Gasteiger charge is -2.24. The summed E-state index contributed by atoms with van der Waals surface area (Å²) in [7, 11) is 2.14. The molecule has 0 aliphatic rings. The first-order valence-corrected chi connectivity index (χ1v) is 7.69. The van der Waals surface area contributed by atoms with Crippen LogP contribution in [0.4, 0.5) is 5.69 Å². The second-order valence-corrected chi connectivity index (χ2v) is 6.07. The smallest absolute Gasteiger partial charge is 0.106 e. The van der Waals surface area contributed by atoms with Crippen LogP contribution in [-0.2, 0) is 0 Å². The van der Waals surface area contributed by atoms with Crippen LogP contribution in [0.5, 0.6) is 0 Å². The fourth-order valence-corrected chi connectivity index (χ4v) is 2.30. The van der Waals surface area contributed by atoms with Gasteiger partial charge in [0, 0.05) is 34.9 Å². The molecule has 1 unspecified atom stereocenters. The topological polar surface area (TPSA) is 41.3 Å². The first-order chi connectivity index (χ1) is 8.95. The minimum absolute atomic E-state index is 0.416. The molecule has 0 heterocycles. The third-order valence-corrected chi connectivity index (χ3v) is 4.08. The zero-order valence-electron chi connectivity index (χ0n) is 11.7. The number of nitrogens with one attached hydrogen (secondary N) is 1. The standard InChI is InChI=1S/C14H22BrN3S/c1-4-10(2)18(3)8-7-17-13-6-5-11(15)9-12(13)14(16)19/h5-6,9-10,17H,4,7-8H2,1-3H3,(H2,16,19). The van der Waals surface area contributed by atoms with Crippen molar-refractivity contribution in [3.8, 4) is 0 Å². The molecular formula is C14H22BrN3S. The van der Waals surface area contributed by atoms with Gasteiger partial charge in [0.05, 0.1) is 0 Å². The Hall–Kier alpha value is -0.650. The number of rotatable bonds is 7. The molecule has 106 valence electrons. The van der Waals surface area contributed by atoms with E-state index in [4.69, 9.17) is 18.0 Å². The third kappa shape index (κ3) is 5.09. The van der Waals surface area contributed by atoms with Gasteiger partial charge in [-0.2, -0.15) is 0 Å². The van der Waals surface area contributed by atoms with Crippen molar-refractivity contribution in [2.24, 2.45) is 5.73 Å². The Bertz CT molecular complexity index is 437. The molecule has 1 aromatic carbocycles. The van der Waals surface area contributed by atoms with E-state index in [0.29, 0.717) is 11.0 Å². The third-order valence-electron chi connectivity index (χ3n) is 3.37. The highest BCUT2D eigenvalue weighted by Crippen LogP contribution is 2.20.